The molecule has 0 saturated carbocycles. The standard InChI is InChI=1S/C23H34N4O5.HI/c1-18(2)32-20-9-7-19(8-10-20)27-23(25-11-5-14-30-17-16-29-3)26-13-12-24-22(28)21-6-4-15-31-21;/h4,6-10,15,18H,5,11-14,16-17H2,1-3H3,(H,24,28)(H2,25,26,27);1H. The van der Waals surface area contributed by atoms with E-state index in [-0.39, 0.29) is 41.7 Å². The molecule has 10 heteroatoms. The van der Waals surface area contributed by atoms with Crippen LogP contribution < -0.4 is 20.7 Å². The predicted molar refractivity (Wildman–Crippen MR) is 140 cm³/mol. The molecule has 2 aromatic rings. The molecule has 0 fully saturated rings. The molecule has 0 atom stereocenters. The molecule has 0 aliphatic rings. The number of benzene rings is 1. The fourth-order valence-corrected chi connectivity index (χ4v) is 2.62. The summed E-state index contributed by atoms with van der Waals surface area (Å²) < 4.78 is 21.2. The number of aliphatic imine (C=N–C) groups is 1. The summed E-state index contributed by atoms with van der Waals surface area (Å²) in [5.74, 6) is 1.46. The van der Waals surface area contributed by atoms with Gasteiger partial charge in [0.05, 0.1) is 25.6 Å². The lowest BCUT2D eigenvalue weighted by Crippen LogP contribution is -2.38. The number of rotatable bonds is 14. The molecule has 1 aromatic heterocycles. The number of hydrogen-bond donors (Lipinski definition) is 3. The second-order valence-corrected chi connectivity index (χ2v) is 7.17. The number of amides is 1. The van der Waals surface area contributed by atoms with Crippen LogP contribution in [0.2, 0.25) is 0 Å². The topological polar surface area (TPSA) is 106 Å². The summed E-state index contributed by atoms with van der Waals surface area (Å²) in [6, 6.07) is 11.0. The van der Waals surface area contributed by atoms with E-state index in [4.69, 9.17) is 18.6 Å². The van der Waals surface area contributed by atoms with Crippen molar-refractivity contribution in [2.45, 2.75) is 26.4 Å². The van der Waals surface area contributed by atoms with Gasteiger partial charge in [0.25, 0.3) is 5.91 Å². The highest BCUT2D eigenvalue weighted by Gasteiger charge is 2.07. The Morgan fingerprint density at radius 2 is 1.82 bits per heavy atom. The zero-order chi connectivity index (χ0) is 23.0. The average molecular weight is 574 g/mol. The first-order valence-electron chi connectivity index (χ1n) is 10.8. The van der Waals surface area contributed by atoms with E-state index < -0.39 is 0 Å². The molecular formula is C23H35IN4O5. The monoisotopic (exact) mass is 574 g/mol. The van der Waals surface area contributed by atoms with E-state index in [0.29, 0.717) is 45.4 Å². The lowest BCUT2D eigenvalue weighted by molar-refractivity contribution is 0.0702. The van der Waals surface area contributed by atoms with Gasteiger partial charge in [0, 0.05) is 39.0 Å². The summed E-state index contributed by atoms with van der Waals surface area (Å²) in [6.45, 7) is 7.26. The normalized spacial score (nSPS) is 11.1. The number of carbonyl (C=O) groups excluding carboxylic acids is 1. The van der Waals surface area contributed by atoms with Crippen molar-refractivity contribution in [2.24, 2.45) is 4.99 Å². The van der Waals surface area contributed by atoms with Gasteiger partial charge < -0.3 is 34.6 Å². The van der Waals surface area contributed by atoms with Crippen molar-refractivity contribution in [3.63, 3.8) is 0 Å². The summed E-state index contributed by atoms with van der Waals surface area (Å²) >= 11 is 0. The molecular weight excluding hydrogens is 539 g/mol. The third-order valence-electron chi connectivity index (χ3n) is 4.09. The lowest BCUT2D eigenvalue weighted by Gasteiger charge is -2.14. The average Bonchev–Trinajstić information content (AvgIpc) is 3.32. The van der Waals surface area contributed by atoms with E-state index in [1.807, 2.05) is 38.1 Å². The van der Waals surface area contributed by atoms with Crippen LogP contribution in [0.4, 0.5) is 5.69 Å². The number of ether oxygens (including phenoxy) is 3. The number of anilines is 1. The third-order valence-corrected chi connectivity index (χ3v) is 4.09. The Hall–Kier alpha value is -2.31. The van der Waals surface area contributed by atoms with Crippen molar-refractivity contribution in [2.75, 3.05) is 51.9 Å². The molecule has 0 radical (unpaired) electrons. The Balaban J connectivity index is 0.00000544. The SMILES string of the molecule is COCCOCCCN=C(NCCNC(=O)c1ccco1)Nc1ccc(OC(C)C)cc1.I. The summed E-state index contributed by atoms with van der Waals surface area (Å²) in [5.41, 5.74) is 0.878. The van der Waals surface area contributed by atoms with Crippen molar-refractivity contribution in [1.82, 2.24) is 10.6 Å². The van der Waals surface area contributed by atoms with Crippen LogP contribution in [0, 0.1) is 0 Å². The quantitative estimate of drug-likeness (QED) is 0.137. The second kappa shape index (κ2) is 17.2. The smallest absolute Gasteiger partial charge is 0.287 e. The molecule has 0 unspecified atom stereocenters. The summed E-state index contributed by atoms with van der Waals surface area (Å²) in [4.78, 5) is 16.6. The number of hydrogen-bond acceptors (Lipinski definition) is 6. The van der Waals surface area contributed by atoms with Gasteiger partial charge in [0.2, 0.25) is 0 Å². The van der Waals surface area contributed by atoms with E-state index in [0.717, 1.165) is 17.9 Å². The van der Waals surface area contributed by atoms with E-state index >= 15 is 0 Å². The van der Waals surface area contributed by atoms with Crippen molar-refractivity contribution < 1.29 is 23.4 Å². The van der Waals surface area contributed by atoms with Crippen LogP contribution >= 0.6 is 24.0 Å². The summed E-state index contributed by atoms with van der Waals surface area (Å²) in [6.07, 6.45) is 2.38. The number of furan rings is 1. The summed E-state index contributed by atoms with van der Waals surface area (Å²) in [5, 5.41) is 9.31. The molecule has 1 aromatic carbocycles. The van der Waals surface area contributed by atoms with Gasteiger partial charge in [-0.15, -0.1) is 24.0 Å². The van der Waals surface area contributed by atoms with E-state index in [9.17, 15) is 4.79 Å². The molecule has 2 rings (SSSR count). The summed E-state index contributed by atoms with van der Waals surface area (Å²) in [7, 11) is 1.65. The highest BCUT2D eigenvalue weighted by atomic mass is 127. The molecule has 9 nitrogen and oxygen atoms in total. The highest BCUT2D eigenvalue weighted by Crippen LogP contribution is 2.16. The van der Waals surface area contributed by atoms with Gasteiger partial charge in [0.15, 0.2) is 11.7 Å². The molecule has 33 heavy (non-hydrogen) atoms. The lowest BCUT2D eigenvalue weighted by atomic mass is 10.3. The first kappa shape index (κ1) is 28.7. The number of carbonyl (C=O) groups is 1. The molecule has 0 spiro atoms. The van der Waals surface area contributed by atoms with Crippen LogP contribution in [0.5, 0.6) is 5.75 Å². The minimum Gasteiger partial charge on any atom is -0.491 e. The van der Waals surface area contributed by atoms with E-state index in [1.165, 1.54) is 6.26 Å². The van der Waals surface area contributed by atoms with E-state index in [1.54, 1.807) is 19.2 Å². The van der Waals surface area contributed by atoms with Crippen molar-refractivity contribution in [1.29, 1.82) is 0 Å². The Bertz CT molecular complexity index is 798. The predicted octanol–water partition coefficient (Wildman–Crippen LogP) is 3.53. The zero-order valence-corrected chi connectivity index (χ0v) is 21.8. The molecule has 184 valence electrons. The number of methoxy groups -OCH3 is 1. The molecule has 1 amide bonds. The van der Waals surface area contributed by atoms with Gasteiger partial charge in [-0.1, -0.05) is 0 Å². The second-order valence-electron chi connectivity index (χ2n) is 7.17. The maximum Gasteiger partial charge on any atom is 0.287 e. The van der Waals surface area contributed by atoms with Gasteiger partial charge in [-0.3, -0.25) is 9.79 Å². The Morgan fingerprint density at radius 1 is 1.06 bits per heavy atom. The minimum absolute atomic E-state index is 0. The Morgan fingerprint density at radius 3 is 2.48 bits per heavy atom. The van der Waals surface area contributed by atoms with Crippen LogP contribution in [0.15, 0.2) is 52.1 Å². The van der Waals surface area contributed by atoms with Crippen LogP contribution in [0.25, 0.3) is 0 Å². The molecule has 1 heterocycles. The van der Waals surface area contributed by atoms with E-state index in [2.05, 4.69) is 20.9 Å². The van der Waals surface area contributed by atoms with Crippen molar-refractivity contribution in [3.8, 4) is 5.75 Å². The van der Waals surface area contributed by atoms with Gasteiger partial charge in [-0.2, -0.15) is 0 Å². The highest BCUT2D eigenvalue weighted by molar-refractivity contribution is 14.0. The van der Waals surface area contributed by atoms with Gasteiger partial charge in [-0.25, -0.2) is 0 Å². The van der Waals surface area contributed by atoms with Gasteiger partial charge in [0.1, 0.15) is 5.75 Å². The first-order chi connectivity index (χ1) is 15.6. The van der Waals surface area contributed by atoms with Crippen LogP contribution in [-0.4, -0.2) is 64.5 Å². The van der Waals surface area contributed by atoms with Gasteiger partial charge in [-0.05, 0) is 56.7 Å². The van der Waals surface area contributed by atoms with Gasteiger partial charge >= 0.3 is 0 Å². The maximum atomic E-state index is 12.0. The maximum absolute atomic E-state index is 12.0. The van der Waals surface area contributed by atoms with Crippen molar-refractivity contribution in [3.05, 3.63) is 48.4 Å². The fourth-order valence-electron chi connectivity index (χ4n) is 2.62. The molecule has 0 aliphatic carbocycles. The zero-order valence-electron chi connectivity index (χ0n) is 19.5. The molecule has 0 bridgehead atoms. The minimum atomic E-state index is -0.253. The Kier molecular flexibility index (Phi) is 15.0. The number of guanidine groups is 1. The largest absolute Gasteiger partial charge is 0.491 e. The number of nitrogens with zero attached hydrogens (tertiary/aromatic N) is 1. The number of halogens is 1. The third kappa shape index (κ3) is 12.5. The first-order valence-corrected chi connectivity index (χ1v) is 10.8. The fraction of sp³-hybridized carbons (Fsp3) is 0.478. The van der Waals surface area contributed by atoms with Crippen LogP contribution in [0.1, 0.15) is 30.8 Å². The molecule has 0 saturated heterocycles. The van der Waals surface area contributed by atoms with Crippen molar-refractivity contribution >= 4 is 41.5 Å². The number of nitrogens with one attached hydrogen (secondary N) is 3. The Labute approximate surface area is 212 Å². The molecule has 0 aliphatic heterocycles. The van der Waals surface area contributed by atoms with Crippen LogP contribution in [-0.2, 0) is 9.47 Å². The van der Waals surface area contributed by atoms with Crippen LogP contribution in [0.3, 0.4) is 0 Å². The molecule has 3 N–H and O–H groups in total.